The number of benzene rings is 3. The molecule has 188 valence electrons. The molecule has 1 unspecified atom stereocenters. The molecule has 0 bridgehead atoms. The van der Waals surface area contributed by atoms with Crippen LogP contribution in [0.4, 0.5) is 10.2 Å². The first-order chi connectivity index (χ1) is 18.5. The van der Waals surface area contributed by atoms with Gasteiger partial charge in [-0.05, 0) is 70.5 Å². The zero-order valence-electron chi connectivity index (χ0n) is 19.9. The lowest BCUT2D eigenvalue weighted by atomic mass is 9.99. The van der Waals surface area contributed by atoms with E-state index >= 15 is 0 Å². The second-order valence-electron chi connectivity index (χ2n) is 8.71. The summed E-state index contributed by atoms with van der Waals surface area (Å²) < 4.78 is 22.3. The predicted molar refractivity (Wildman–Crippen MR) is 149 cm³/mol. The maximum absolute atomic E-state index is 14.3. The predicted octanol–water partition coefficient (Wildman–Crippen LogP) is 6.84. The molecule has 0 fully saturated rings. The highest BCUT2D eigenvalue weighted by Gasteiger charge is 2.27. The van der Waals surface area contributed by atoms with E-state index in [1.165, 1.54) is 18.5 Å². The Morgan fingerprint density at radius 3 is 2.58 bits per heavy atom. The molecule has 0 radical (unpaired) electrons. The van der Waals surface area contributed by atoms with Crippen LogP contribution in [0, 0.1) is 5.82 Å². The maximum atomic E-state index is 14.3. The Morgan fingerprint density at radius 2 is 1.82 bits per heavy atom. The van der Waals surface area contributed by atoms with Crippen molar-refractivity contribution in [3.63, 3.8) is 0 Å². The molecule has 10 heteroatoms. The quantitative estimate of drug-likeness (QED) is 0.254. The first kappa shape index (κ1) is 24.1. The van der Waals surface area contributed by atoms with Gasteiger partial charge in [-0.3, -0.25) is 4.79 Å². The summed E-state index contributed by atoms with van der Waals surface area (Å²) in [4.78, 5) is 23.3. The molecule has 3 aromatic heterocycles. The molecule has 0 saturated carbocycles. The topological polar surface area (TPSA) is 99.8 Å². The van der Waals surface area contributed by atoms with Crippen LogP contribution in [0.3, 0.4) is 0 Å². The molecule has 0 saturated heterocycles. The summed E-state index contributed by atoms with van der Waals surface area (Å²) in [5.74, 6) is 0.130. The van der Waals surface area contributed by atoms with Gasteiger partial charge in [-0.1, -0.05) is 36.4 Å². The normalized spacial score (nSPS) is 12.3. The summed E-state index contributed by atoms with van der Waals surface area (Å²) in [5, 5.41) is 5.84. The third-order valence-corrected chi connectivity index (χ3v) is 7.40. The number of nitrogens with zero attached hydrogens (tertiary/aromatic N) is 4. The number of rotatable bonds is 5. The minimum Gasteiger partial charge on any atom is -0.458 e. The van der Waals surface area contributed by atoms with E-state index in [4.69, 9.17) is 25.9 Å². The van der Waals surface area contributed by atoms with E-state index in [9.17, 15) is 9.18 Å². The summed E-state index contributed by atoms with van der Waals surface area (Å²) in [6.07, 6.45) is 1.36. The van der Waals surface area contributed by atoms with Crippen LogP contribution < -0.4 is 11.2 Å². The zero-order valence-corrected chi connectivity index (χ0v) is 21.5. The molecule has 0 amide bonds. The lowest BCUT2D eigenvalue weighted by Crippen LogP contribution is -2.16. The summed E-state index contributed by atoms with van der Waals surface area (Å²) in [5.41, 5.74) is 8.95. The Hall–Kier alpha value is -4.21. The number of hydrogen-bond acceptors (Lipinski definition) is 7. The van der Waals surface area contributed by atoms with Gasteiger partial charge in [0.2, 0.25) is 5.43 Å². The van der Waals surface area contributed by atoms with Crippen LogP contribution >= 0.6 is 21.7 Å². The number of nitrogens with two attached hydrogens (primary N) is 1. The molecule has 3 heterocycles. The van der Waals surface area contributed by atoms with Crippen molar-refractivity contribution in [1.82, 2.24) is 19.7 Å². The van der Waals surface area contributed by atoms with Gasteiger partial charge in [0.25, 0.3) is 0 Å². The summed E-state index contributed by atoms with van der Waals surface area (Å²) in [6, 6.07) is 19.8. The molecule has 3 aromatic carbocycles. The van der Waals surface area contributed by atoms with Crippen LogP contribution in [0.1, 0.15) is 18.7 Å². The average molecular weight is 544 g/mol. The number of anilines is 1. The monoisotopic (exact) mass is 543 g/mol. The fourth-order valence-electron chi connectivity index (χ4n) is 4.61. The maximum Gasteiger partial charge on any atom is 0.200 e. The molecule has 0 spiro atoms. The minimum absolute atomic E-state index is 0.256. The van der Waals surface area contributed by atoms with Crippen molar-refractivity contribution in [2.24, 2.45) is 0 Å². The van der Waals surface area contributed by atoms with Gasteiger partial charge in [0, 0.05) is 10.5 Å². The Labute approximate surface area is 224 Å². The smallest absolute Gasteiger partial charge is 0.200 e. The Kier molecular flexibility index (Phi) is 6.09. The van der Waals surface area contributed by atoms with Crippen molar-refractivity contribution in [2.75, 3.05) is 5.73 Å². The van der Waals surface area contributed by atoms with Crippen LogP contribution in [-0.2, 0) is 0 Å². The molecular weight excluding hydrogens is 525 g/mol. The third-order valence-electron chi connectivity index (χ3n) is 6.42. The minimum atomic E-state index is -0.617. The highest BCUT2D eigenvalue weighted by Crippen LogP contribution is 2.37. The van der Waals surface area contributed by atoms with E-state index in [1.54, 1.807) is 41.1 Å². The lowest BCUT2D eigenvalue weighted by molar-refractivity contribution is 0.446. The first-order valence-corrected chi connectivity index (χ1v) is 13.3. The third kappa shape index (κ3) is 4.00. The van der Waals surface area contributed by atoms with Crippen LogP contribution in [0.5, 0.6) is 0 Å². The second kappa shape index (κ2) is 9.59. The Balaban J connectivity index is 1.62. The van der Waals surface area contributed by atoms with Crippen LogP contribution in [0.15, 0.2) is 93.2 Å². The number of nitrogen functional groups attached to an aromatic ring is 1. The van der Waals surface area contributed by atoms with Crippen LogP contribution in [0.2, 0.25) is 0 Å². The lowest BCUT2D eigenvalue weighted by Gasteiger charge is -2.17. The van der Waals surface area contributed by atoms with E-state index in [0.717, 1.165) is 21.4 Å². The highest BCUT2D eigenvalue weighted by molar-refractivity contribution is 8.21. The fraction of sp³-hybridized carbons (Fsp3) is 0.0714. The van der Waals surface area contributed by atoms with Crippen molar-refractivity contribution in [2.45, 2.75) is 17.9 Å². The molecule has 0 aliphatic carbocycles. The van der Waals surface area contributed by atoms with Crippen molar-refractivity contribution in [3.05, 3.63) is 101 Å². The standard InChI is InChI=1S/C28H19ClFN5O2S/c1-15(26-22(17-5-4-6-18(30)13-17)25(36)20-7-2-3-8-21(20)37-26)35-28-23(27(31)32-14-33-28)24(34-35)16-9-11-19(38-29)12-10-16/h2-15H,1H3,(H2,31,32,33). The van der Waals surface area contributed by atoms with Crippen molar-refractivity contribution >= 4 is 49.5 Å². The van der Waals surface area contributed by atoms with Gasteiger partial charge in [0.1, 0.15) is 41.0 Å². The summed E-state index contributed by atoms with van der Waals surface area (Å²) >= 11 is 0. The van der Waals surface area contributed by atoms with Crippen molar-refractivity contribution in [1.29, 1.82) is 0 Å². The van der Waals surface area contributed by atoms with Gasteiger partial charge in [-0.25, -0.2) is 19.0 Å². The van der Waals surface area contributed by atoms with Gasteiger partial charge < -0.3 is 10.2 Å². The molecule has 6 rings (SSSR count). The van der Waals surface area contributed by atoms with Crippen LogP contribution in [0.25, 0.3) is 44.4 Å². The number of fused-ring (bicyclic) bond motifs is 2. The summed E-state index contributed by atoms with van der Waals surface area (Å²) in [6.45, 7) is 1.84. The number of aromatic nitrogens is 4. The van der Waals surface area contributed by atoms with E-state index < -0.39 is 11.9 Å². The van der Waals surface area contributed by atoms with E-state index in [2.05, 4.69) is 9.97 Å². The largest absolute Gasteiger partial charge is 0.458 e. The fourth-order valence-corrected chi connectivity index (χ4v) is 5.16. The molecule has 0 aliphatic rings. The Bertz CT molecular complexity index is 1890. The molecular formula is C28H19ClFN5O2S. The van der Waals surface area contributed by atoms with Gasteiger partial charge in [-0.2, -0.15) is 5.10 Å². The Morgan fingerprint density at radius 1 is 1.03 bits per heavy atom. The van der Waals surface area contributed by atoms with E-state index in [-0.39, 0.29) is 16.8 Å². The van der Waals surface area contributed by atoms with Gasteiger partial charge >= 0.3 is 0 Å². The number of para-hydroxylation sites is 1. The second-order valence-corrected chi connectivity index (χ2v) is 9.79. The first-order valence-electron chi connectivity index (χ1n) is 11.7. The van der Waals surface area contributed by atoms with Crippen molar-refractivity contribution < 1.29 is 8.81 Å². The van der Waals surface area contributed by atoms with Gasteiger partial charge in [-0.15, -0.1) is 0 Å². The molecule has 38 heavy (non-hydrogen) atoms. The van der Waals surface area contributed by atoms with E-state index in [0.29, 0.717) is 39.0 Å². The average Bonchev–Trinajstić information content (AvgIpc) is 3.33. The van der Waals surface area contributed by atoms with Gasteiger partial charge in [0.05, 0.1) is 16.3 Å². The van der Waals surface area contributed by atoms with Crippen molar-refractivity contribution in [3.8, 4) is 22.4 Å². The molecule has 0 aliphatic heterocycles. The summed E-state index contributed by atoms with van der Waals surface area (Å²) in [7, 11) is 7.00. The highest BCUT2D eigenvalue weighted by atomic mass is 35.7. The number of hydrogen-bond donors (Lipinski definition) is 1. The molecule has 1 atom stereocenters. The molecule has 6 aromatic rings. The zero-order chi connectivity index (χ0) is 26.4. The van der Waals surface area contributed by atoms with Gasteiger partial charge in [0.15, 0.2) is 5.65 Å². The number of halogens is 2. The van der Waals surface area contributed by atoms with E-state index in [1.807, 2.05) is 31.2 Å². The SMILES string of the molecule is CC(c1oc2ccccc2c(=O)c1-c1cccc(F)c1)n1nc(-c2ccc(SCl)cc2)c2c(N)ncnc21. The molecule has 2 N–H and O–H groups in total. The molecule has 7 nitrogen and oxygen atoms in total. The van der Waals surface area contributed by atoms with Crippen LogP contribution in [-0.4, -0.2) is 19.7 Å².